The first-order valence-corrected chi connectivity index (χ1v) is 15.8. The number of rotatable bonds is 3. The van der Waals surface area contributed by atoms with Crippen LogP contribution in [-0.4, -0.2) is 61.6 Å². The summed E-state index contributed by atoms with van der Waals surface area (Å²) in [7, 11) is 0. The highest BCUT2D eigenvalue weighted by atomic mass is 19.4. The van der Waals surface area contributed by atoms with Crippen LogP contribution < -0.4 is 11.1 Å². The third-order valence-electron chi connectivity index (χ3n) is 9.98. The molecule has 0 radical (unpaired) electrons. The van der Waals surface area contributed by atoms with E-state index in [2.05, 4.69) is 17.3 Å². The van der Waals surface area contributed by atoms with Crippen molar-refractivity contribution >= 4 is 23.5 Å². The highest BCUT2D eigenvalue weighted by Gasteiger charge is 2.50. The van der Waals surface area contributed by atoms with Gasteiger partial charge in [0.05, 0.1) is 41.0 Å². The van der Waals surface area contributed by atoms with Crippen molar-refractivity contribution in [3.05, 3.63) is 46.8 Å². The fourth-order valence-corrected chi connectivity index (χ4v) is 6.52. The van der Waals surface area contributed by atoms with Crippen LogP contribution in [0.2, 0.25) is 0 Å². The van der Waals surface area contributed by atoms with Gasteiger partial charge < -0.3 is 26.0 Å². The smallest absolute Gasteiger partial charge is 0.418 e. The number of aliphatic hydroxyl groups excluding tert-OH is 2. The number of nitrogens with two attached hydrogens (primary N) is 1. The van der Waals surface area contributed by atoms with Crippen LogP contribution >= 0.6 is 0 Å². The summed E-state index contributed by atoms with van der Waals surface area (Å²) < 4.78 is 47.8. The maximum atomic E-state index is 13.5. The minimum atomic E-state index is -4.62. The highest BCUT2D eigenvalue weighted by molar-refractivity contribution is 5.88. The van der Waals surface area contributed by atoms with Crippen LogP contribution in [0.5, 0.6) is 0 Å². The highest BCUT2D eigenvalue weighted by Crippen LogP contribution is 2.39. The molecule has 1 aromatic heterocycles. The van der Waals surface area contributed by atoms with Gasteiger partial charge in [-0.25, -0.2) is 4.68 Å². The summed E-state index contributed by atoms with van der Waals surface area (Å²) in [5, 5.41) is 30.0. The number of ketones is 1. The van der Waals surface area contributed by atoms with Gasteiger partial charge in [0, 0.05) is 35.3 Å². The molecule has 0 aliphatic carbocycles. The average Bonchev–Trinajstić information content (AvgIpc) is 3.45. The molecule has 2 aromatic rings. The molecule has 46 heavy (non-hydrogen) atoms. The average molecular weight is 649 g/mol. The number of benzene rings is 1. The van der Waals surface area contributed by atoms with Gasteiger partial charge in [0.15, 0.2) is 0 Å². The monoisotopic (exact) mass is 648 g/mol. The molecular formula is C34H47F3N4O5. The number of nitrogens with one attached hydrogen (secondary N) is 1. The van der Waals surface area contributed by atoms with Gasteiger partial charge in [0.2, 0.25) is 0 Å². The van der Waals surface area contributed by atoms with Gasteiger partial charge in [-0.15, -0.1) is 0 Å². The lowest BCUT2D eigenvalue weighted by atomic mass is 9.73. The summed E-state index contributed by atoms with van der Waals surface area (Å²) in [5.74, 6) is -1.84. The third-order valence-corrected chi connectivity index (χ3v) is 9.98. The third kappa shape index (κ3) is 7.66. The molecule has 7 atom stereocenters. The number of esters is 1. The molecule has 0 bridgehead atoms. The Morgan fingerprint density at radius 1 is 1.17 bits per heavy atom. The second kappa shape index (κ2) is 13.1. The number of carbonyl (C=O) groups excluding carboxylic acids is 2. The topological polar surface area (TPSA) is 150 Å². The molecule has 2 aliphatic heterocycles. The van der Waals surface area contributed by atoms with Gasteiger partial charge in [0.25, 0.3) is 0 Å². The summed E-state index contributed by atoms with van der Waals surface area (Å²) >= 11 is 0. The maximum Gasteiger partial charge on any atom is 0.418 e. The van der Waals surface area contributed by atoms with E-state index in [1.54, 1.807) is 46.8 Å². The molecule has 4 rings (SSSR count). The van der Waals surface area contributed by atoms with Crippen molar-refractivity contribution in [2.24, 2.45) is 17.3 Å². The summed E-state index contributed by atoms with van der Waals surface area (Å²) in [6.45, 7) is 12.4. The molecule has 5 N–H and O–H groups in total. The standard InChI is InChI=1S/C34H47F3N4O5/c1-18-9-8-12-33(7)27(39-33)16-26(46-29(43)17-28(42)32(5,6)31(45)21(4)30(18)44)19(2)13-22-14-20(3)41(40-22)23-10-11-25(38)24(15-23)34(35,36)37/h10-11,13-15,18,21,26-28,30,39,42,44H,8-9,12,16-17,38H2,1-7H3/b19-13+/t18-,21+,26-,27-,28-,30-,33+/m0/s1. The first kappa shape index (κ1) is 35.6. The Morgan fingerprint density at radius 2 is 1.85 bits per heavy atom. The Kier molecular flexibility index (Phi) is 10.2. The second-order valence-electron chi connectivity index (χ2n) is 14.1. The van der Waals surface area contributed by atoms with Crippen molar-refractivity contribution in [1.29, 1.82) is 0 Å². The number of halogens is 3. The van der Waals surface area contributed by atoms with E-state index >= 15 is 0 Å². The number of fused-ring (bicyclic) bond motifs is 1. The molecule has 0 spiro atoms. The number of nitrogens with zero attached hydrogens (tertiary/aromatic N) is 2. The largest absolute Gasteiger partial charge is 0.458 e. The van der Waals surface area contributed by atoms with E-state index in [9.17, 15) is 33.0 Å². The minimum Gasteiger partial charge on any atom is -0.458 e. The van der Waals surface area contributed by atoms with Crippen molar-refractivity contribution in [2.75, 3.05) is 5.73 Å². The van der Waals surface area contributed by atoms with Crippen LogP contribution in [0.4, 0.5) is 18.9 Å². The lowest BCUT2D eigenvalue weighted by Gasteiger charge is -2.34. The van der Waals surface area contributed by atoms with E-state index in [0.29, 0.717) is 23.4 Å². The Morgan fingerprint density at radius 3 is 2.50 bits per heavy atom. The molecule has 2 fully saturated rings. The molecular weight excluding hydrogens is 601 g/mol. The Hall–Kier alpha value is -3.22. The maximum absolute atomic E-state index is 13.5. The van der Waals surface area contributed by atoms with Crippen molar-refractivity contribution in [2.45, 2.75) is 117 Å². The number of aromatic nitrogens is 2. The van der Waals surface area contributed by atoms with Gasteiger partial charge in [0.1, 0.15) is 11.9 Å². The van der Waals surface area contributed by atoms with Crippen LogP contribution in [0.15, 0.2) is 29.8 Å². The first-order chi connectivity index (χ1) is 21.2. The number of Topliss-reactive ketones (excluding diaryl/α,β-unsaturated/α-hetero) is 1. The lowest BCUT2D eigenvalue weighted by Crippen LogP contribution is -2.45. The van der Waals surface area contributed by atoms with Crippen LogP contribution in [0, 0.1) is 24.2 Å². The summed E-state index contributed by atoms with van der Waals surface area (Å²) in [6.07, 6.45) is -3.37. The van der Waals surface area contributed by atoms with E-state index in [1.165, 1.54) is 16.8 Å². The zero-order chi connectivity index (χ0) is 34.4. The Labute approximate surface area is 268 Å². The number of ether oxygens (including phenoxy) is 1. The predicted octanol–water partition coefficient (Wildman–Crippen LogP) is 5.38. The fourth-order valence-electron chi connectivity index (χ4n) is 6.52. The molecule has 254 valence electrons. The van der Waals surface area contributed by atoms with E-state index < -0.39 is 53.8 Å². The second-order valence-corrected chi connectivity index (χ2v) is 14.1. The number of cyclic esters (lactones) is 1. The van der Waals surface area contributed by atoms with Crippen molar-refractivity contribution in [3.63, 3.8) is 0 Å². The molecule has 0 saturated carbocycles. The van der Waals surface area contributed by atoms with Crippen molar-refractivity contribution < 1.29 is 37.7 Å². The molecule has 0 amide bonds. The zero-order valence-corrected chi connectivity index (χ0v) is 27.6. The van der Waals surface area contributed by atoms with Gasteiger partial charge in [-0.1, -0.05) is 34.1 Å². The number of aliphatic hydroxyl groups is 2. The first-order valence-electron chi connectivity index (χ1n) is 15.8. The number of carbonyl (C=O) groups is 2. The number of hydrogen-bond donors (Lipinski definition) is 4. The molecule has 2 saturated heterocycles. The number of anilines is 1. The molecule has 1 aromatic carbocycles. The summed E-state index contributed by atoms with van der Waals surface area (Å²) in [6, 6.07) is 5.38. The van der Waals surface area contributed by atoms with Gasteiger partial charge >= 0.3 is 12.1 Å². The molecule has 3 heterocycles. The van der Waals surface area contributed by atoms with Crippen LogP contribution in [-0.2, 0) is 20.5 Å². The van der Waals surface area contributed by atoms with Crippen LogP contribution in [0.1, 0.15) is 90.6 Å². The number of alkyl halides is 3. The van der Waals surface area contributed by atoms with Crippen molar-refractivity contribution in [1.82, 2.24) is 15.1 Å². The van der Waals surface area contributed by atoms with E-state index in [-0.39, 0.29) is 34.7 Å². The summed E-state index contributed by atoms with van der Waals surface area (Å²) in [4.78, 5) is 26.6. The predicted molar refractivity (Wildman–Crippen MR) is 169 cm³/mol. The number of hydrogen-bond acceptors (Lipinski definition) is 8. The minimum absolute atomic E-state index is 0.0403. The lowest BCUT2D eigenvalue weighted by molar-refractivity contribution is -0.154. The van der Waals surface area contributed by atoms with Crippen LogP contribution in [0.3, 0.4) is 0 Å². The van der Waals surface area contributed by atoms with E-state index in [1.807, 2.05) is 6.92 Å². The van der Waals surface area contributed by atoms with Gasteiger partial charge in [-0.05, 0) is 75.4 Å². The van der Waals surface area contributed by atoms with Crippen molar-refractivity contribution in [3.8, 4) is 5.69 Å². The molecule has 2 aliphatic rings. The molecule has 0 unspecified atom stereocenters. The Bertz CT molecular complexity index is 1490. The molecule has 9 nitrogen and oxygen atoms in total. The van der Waals surface area contributed by atoms with Gasteiger partial charge in [-0.3, -0.25) is 9.59 Å². The zero-order valence-electron chi connectivity index (χ0n) is 27.6. The molecule has 12 heteroatoms. The van der Waals surface area contributed by atoms with Crippen LogP contribution in [0.25, 0.3) is 11.8 Å². The number of aryl methyl sites for hydroxylation is 1. The Balaban J connectivity index is 1.62. The van der Waals surface area contributed by atoms with Gasteiger partial charge in [-0.2, -0.15) is 18.3 Å². The van der Waals surface area contributed by atoms with E-state index in [0.717, 1.165) is 25.3 Å². The number of nitrogen functional groups attached to an aromatic ring is 1. The summed E-state index contributed by atoms with van der Waals surface area (Å²) in [5.41, 5.74) is 4.68. The fraction of sp³-hybridized carbons (Fsp3) is 0.618. The van der Waals surface area contributed by atoms with E-state index in [4.69, 9.17) is 10.5 Å². The SMILES string of the molecule is C/C(=C\c1cc(C)n(-c2ccc(N)c(C(F)(F)F)c2)n1)[C@@H]1C[C@@H]2N[C@]2(C)CCC[C@H](C)[C@H](O)[C@@H](C)C(=O)C(C)(C)[C@@H](O)CC(=O)O1. The normalized spacial score (nSPS) is 31.7. The quantitative estimate of drug-likeness (QED) is 0.197.